The number of imidazole rings is 1. The molecule has 0 amide bonds. The highest BCUT2D eigenvalue weighted by Crippen LogP contribution is 2.33. The second kappa shape index (κ2) is 8.97. The molecule has 0 saturated carbocycles. The summed E-state index contributed by atoms with van der Waals surface area (Å²) in [5, 5.41) is 12.5. The van der Waals surface area contributed by atoms with Crippen molar-refractivity contribution in [2.45, 2.75) is 10.1 Å². The number of fused-ring (bicyclic) bond motifs is 1. The van der Waals surface area contributed by atoms with Gasteiger partial charge >= 0.3 is 0 Å². The molecule has 0 spiro atoms. The Morgan fingerprint density at radius 3 is 2.69 bits per heavy atom. The second-order valence-electron chi connectivity index (χ2n) is 6.82. The lowest BCUT2D eigenvalue weighted by Crippen LogP contribution is -1.99. The fraction of sp³-hybridized carbons (Fsp3) is 0.0870. The summed E-state index contributed by atoms with van der Waals surface area (Å²) in [7, 11) is 1.63. The van der Waals surface area contributed by atoms with Crippen molar-refractivity contribution < 1.29 is 9.13 Å². The van der Waals surface area contributed by atoms with Crippen LogP contribution in [-0.4, -0.2) is 26.9 Å². The van der Waals surface area contributed by atoms with Crippen molar-refractivity contribution in [2.24, 2.45) is 0 Å². The highest BCUT2D eigenvalue weighted by molar-refractivity contribution is 8.00. The second-order valence-corrected chi connectivity index (χ2v) is 9.02. The number of hydrogen-bond donors (Lipinski definition) is 1. The third kappa shape index (κ3) is 4.17. The number of aromatic nitrogens is 4. The molecule has 0 aliphatic heterocycles. The Morgan fingerprint density at radius 1 is 1.03 bits per heavy atom. The van der Waals surface area contributed by atoms with E-state index in [0.717, 1.165) is 32.8 Å². The van der Waals surface area contributed by atoms with Gasteiger partial charge in [-0.15, -0.1) is 10.2 Å². The molecule has 1 N–H and O–H groups in total. The number of anilines is 2. The molecule has 0 saturated heterocycles. The summed E-state index contributed by atoms with van der Waals surface area (Å²) < 4.78 is 22.0. The van der Waals surface area contributed by atoms with Crippen molar-refractivity contribution in [2.75, 3.05) is 12.4 Å². The molecule has 0 bridgehead atoms. The van der Waals surface area contributed by atoms with E-state index in [0.29, 0.717) is 16.4 Å². The minimum atomic E-state index is -0.300. The smallest absolute Gasteiger partial charge is 0.210 e. The molecule has 5 aromatic rings. The molecule has 0 aliphatic carbocycles. The third-order valence-corrected chi connectivity index (χ3v) is 6.75. The van der Waals surface area contributed by atoms with Crippen molar-refractivity contribution in [3.8, 4) is 11.4 Å². The van der Waals surface area contributed by atoms with Crippen LogP contribution in [-0.2, 0) is 5.75 Å². The summed E-state index contributed by atoms with van der Waals surface area (Å²) in [6, 6.07) is 22.3. The molecule has 6 nitrogen and oxygen atoms in total. The molecular weight excluding hydrogens is 445 g/mol. The molecule has 2 heterocycles. The number of methoxy groups -OCH3 is 1. The molecule has 2 aromatic heterocycles. The maximum absolute atomic E-state index is 13.8. The van der Waals surface area contributed by atoms with Crippen LogP contribution in [0.5, 0.6) is 5.75 Å². The summed E-state index contributed by atoms with van der Waals surface area (Å²) >= 11 is 2.99. The Morgan fingerprint density at radius 2 is 1.84 bits per heavy atom. The van der Waals surface area contributed by atoms with Gasteiger partial charge in [-0.3, -0.25) is 4.57 Å². The van der Waals surface area contributed by atoms with Crippen LogP contribution in [0.1, 0.15) is 5.82 Å². The first-order valence-corrected chi connectivity index (χ1v) is 11.6. The molecule has 32 heavy (non-hydrogen) atoms. The highest BCUT2D eigenvalue weighted by Gasteiger charge is 2.15. The molecule has 0 radical (unpaired) electrons. The van der Waals surface area contributed by atoms with Crippen LogP contribution in [0, 0.1) is 5.82 Å². The average molecular weight is 464 g/mol. The standard InChI is InChI=1S/C23H18FN5OS2/c1-30-20-10-6-5-9-17(20)26-22-27-28-23(32-22)31-14-21-25-18-13-15(24)11-12-19(18)29(21)16-7-3-2-4-8-16/h2-13H,14H2,1H3,(H,26,27). The van der Waals surface area contributed by atoms with Crippen LogP contribution in [0.3, 0.4) is 0 Å². The zero-order valence-electron chi connectivity index (χ0n) is 17.0. The molecule has 0 fully saturated rings. The van der Waals surface area contributed by atoms with Gasteiger partial charge in [-0.2, -0.15) is 0 Å². The van der Waals surface area contributed by atoms with Crippen LogP contribution in [0.2, 0.25) is 0 Å². The first-order chi connectivity index (χ1) is 15.7. The zero-order chi connectivity index (χ0) is 21.9. The molecule has 3 aromatic carbocycles. The fourth-order valence-electron chi connectivity index (χ4n) is 3.37. The van der Waals surface area contributed by atoms with E-state index < -0.39 is 0 Å². The summed E-state index contributed by atoms with van der Waals surface area (Å²) in [5.74, 6) is 1.82. The number of hydrogen-bond acceptors (Lipinski definition) is 7. The summed E-state index contributed by atoms with van der Waals surface area (Å²) in [6.45, 7) is 0. The molecule has 0 aliphatic rings. The summed E-state index contributed by atoms with van der Waals surface area (Å²) in [6.07, 6.45) is 0. The lowest BCUT2D eigenvalue weighted by atomic mass is 10.2. The average Bonchev–Trinajstić information content (AvgIpc) is 3.42. The van der Waals surface area contributed by atoms with E-state index in [1.807, 2.05) is 54.6 Å². The van der Waals surface area contributed by atoms with E-state index in [-0.39, 0.29) is 5.82 Å². The Balaban J connectivity index is 1.39. The predicted octanol–water partition coefficient (Wildman–Crippen LogP) is 6.06. The number of thioether (sulfide) groups is 1. The first kappa shape index (κ1) is 20.5. The highest BCUT2D eigenvalue weighted by atomic mass is 32.2. The predicted molar refractivity (Wildman–Crippen MR) is 127 cm³/mol. The van der Waals surface area contributed by atoms with Gasteiger partial charge in [0, 0.05) is 11.8 Å². The van der Waals surface area contributed by atoms with Crippen LogP contribution >= 0.6 is 23.1 Å². The monoisotopic (exact) mass is 463 g/mol. The normalized spacial score (nSPS) is 11.1. The molecule has 0 unspecified atom stereocenters. The van der Waals surface area contributed by atoms with E-state index in [1.54, 1.807) is 13.2 Å². The van der Waals surface area contributed by atoms with Crippen LogP contribution in [0.4, 0.5) is 15.2 Å². The lowest BCUT2D eigenvalue weighted by molar-refractivity contribution is 0.417. The van der Waals surface area contributed by atoms with E-state index in [4.69, 9.17) is 4.74 Å². The number of para-hydroxylation sites is 3. The van der Waals surface area contributed by atoms with Crippen molar-refractivity contribution in [1.29, 1.82) is 0 Å². The maximum Gasteiger partial charge on any atom is 0.210 e. The van der Waals surface area contributed by atoms with Crippen molar-refractivity contribution in [1.82, 2.24) is 19.7 Å². The first-order valence-electron chi connectivity index (χ1n) is 9.80. The number of rotatable bonds is 7. The summed E-state index contributed by atoms with van der Waals surface area (Å²) in [5.41, 5.74) is 3.30. The van der Waals surface area contributed by atoms with Gasteiger partial charge < -0.3 is 10.1 Å². The molecule has 5 rings (SSSR count). The Bertz CT molecular complexity index is 1370. The third-order valence-electron chi connectivity index (χ3n) is 4.78. The van der Waals surface area contributed by atoms with Gasteiger partial charge in [0.05, 0.1) is 29.6 Å². The Labute approximate surface area is 192 Å². The van der Waals surface area contributed by atoms with Crippen LogP contribution < -0.4 is 10.1 Å². The number of halogens is 1. The quantitative estimate of drug-likeness (QED) is 0.296. The van der Waals surface area contributed by atoms with Crippen molar-refractivity contribution >= 4 is 45.0 Å². The number of nitrogens with one attached hydrogen (secondary N) is 1. The summed E-state index contributed by atoms with van der Waals surface area (Å²) in [4.78, 5) is 4.69. The number of nitrogens with zero attached hydrogens (tertiary/aromatic N) is 4. The van der Waals surface area contributed by atoms with Gasteiger partial charge in [0.25, 0.3) is 0 Å². The van der Waals surface area contributed by atoms with Crippen molar-refractivity contribution in [3.05, 3.63) is 84.4 Å². The van der Waals surface area contributed by atoms with E-state index >= 15 is 0 Å². The van der Waals surface area contributed by atoms with Gasteiger partial charge in [0.1, 0.15) is 17.4 Å². The van der Waals surface area contributed by atoms with Crippen molar-refractivity contribution in [3.63, 3.8) is 0 Å². The lowest BCUT2D eigenvalue weighted by Gasteiger charge is -2.08. The SMILES string of the molecule is COc1ccccc1Nc1nnc(SCc2nc3cc(F)ccc3n2-c2ccccc2)s1. The maximum atomic E-state index is 13.8. The van der Waals surface area contributed by atoms with Gasteiger partial charge in [-0.1, -0.05) is 53.4 Å². The van der Waals surface area contributed by atoms with E-state index in [1.165, 1.54) is 35.2 Å². The molecule has 0 atom stereocenters. The van der Waals surface area contributed by atoms with Gasteiger partial charge in [-0.05, 0) is 36.4 Å². The number of benzene rings is 3. The largest absolute Gasteiger partial charge is 0.495 e. The molecular formula is C23H18FN5OS2. The van der Waals surface area contributed by atoms with E-state index in [2.05, 4.69) is 25.1 Å². The molecule has 9 heteroatoms. The fourth-order valence-corrected chi connectivity index (χ4v) is 5.06. The minimum absolute atomic E-state index is 0.300. The van der Waals surface area contributed by atoms with Gasteiger partial charge in [-0.25, -0.2) is 9.37 Å². The number of ether oxygens (including phenoxy) is 1. The molecule has 160 valence electrons. The Hall–Kier alpha value is -3.43. The van der Waals surface area contributed by atoms with Crippen LogP contribution in [0.15, 0.2) is 77.1 Å². The van der Waals surface area contributed by atoms with Gasteiger partial charge in [0.15, 0.2) is 4.34 Å². The van der Waals surface area contributed by atoms with E-state index in [9.17, 15) is 4.39 Å². The topological polar surface area (TPSA) is 64.9 Å². The van der Waals surface area contributed by atoms with Crippen LogP contribution in [0.25, 0.3) is 16.7 Å². The zero-order valence-corrected chi connectivity index (χ0v) is 18.7. The Kier molecular flexibility index (Phi) is 5.74. The minimum Gasteiger partial charge on any atom is -0.495 e. The van der Waals surface area contributed by atoms with Gasteiger partial charge in [0.2, 0.25) is 5.13 Å².